The number of carbonyl (C=O) groups is 1. The highest BCUT2D eigenvalue weighted by molar-refractivity contribution is 14.0. The third-order valence-electron chi connectivity index (χ3n) is 3.88. The fourth-order valence-electron chi connectivity index (χ4n) is 2.43. The Morgan fingerprint density at radius 3 is 2.72 bits per heavy atom. The molecule has 140 valence electrons. The first-order valence-electron chi connectivity index (χ1n) is 8.20. The van der Waals surface area contributed by atoms with E-state index >= 15 is 0 Å². The Labute approximate surface area is 170 Å². The van der Waals surface area contributed by atoms with Gasteiger partial charge in [0, 0.05) is 37.5 Å². The van der Waals surface area contributed by atoms with Crippen molar-refractivity contribution in [3.05, 3.63) is 35.1 Å². The molecule has 1 aromatic rings. The number of amides is 1. The fraction of sp³-hybridized carbons (Fsp3) is 0.529. The number of aryl methyl sites for hydroxylation is 1. The molecule has 0 bridgehead atoms. The number of nitrogens with one attached hydrogen (secondary N) is 3. The Balaban J connectivity index is 0.00000312. The summed E-state index contributed by atoms with van der Waals surface area (Å²) in [5.41, 5.74) is 0.863. The van der Waals surface area contributed by atoms with Gasteiger partial charge in [0.15, 0.2) is 5.96 Å². The number of hydrogen-bond donors (Lipinski definition) is 3. The lowest BCUT2D eigenvalue weighted by molar-refractivity contribution is 0.0954. The third kappa shape index (κ3) is 7.39. The summed E-state index contributed by atoms with van der Waals surface area (Å²) in [5, 5.41) is 9.88. The Morgan fingerprint density at radius 2 is 2.08 bits per heavy atom. The second-order valence-corrected chi connectivity index (χ2v) is 7.14. The minimum Gasteiger partial charge on any atom is -0.355 e. The summed E-state index contributed by atoms with van der Waals surface area (Å²) in [7, 11) is 1.73. The molecule has 1 saturated heterocycles. The van der Waals surface area contributed by atoms with Gasteiger partial charge in [-0.05, 0) is 43.2 Å². The van der Waals surface area contributed by atoms with Gasteiger partial charge in [-0.25, -0.2) is 4.39 Å². The van der Waals surface area contributed by atoms with Crippen molar-refractivity contribution in [2.75, 3.05) is 32.4 Å². The van der Waals surface area contributed by atoms with Gasteiger partial charge in [-0.2, -0.15) is 11.8 Å². The molecule has 1 aliphatic heterocycles. The summed E-state index contributed by atoms with van der Waals surface area (Å²) in [6.45, 7) is 3.56. The molecule has 1 heterocycles. The molecule has 1 fully saturated rings. The van der Waals surface area contributed by atoms with Gasteiger partial charge < -0.3 is 16.0 Å². The largest absolute Gasteiger partial charge is 0.355 e. The smallest absolute Gasteiger partial charge is 0.251 e. The topological polar surface area (TPSA) is 65.5 Å². The van der Waals surface area contributed by atoms with Gasteiger partial charge in [-0.1, -0.05) is 6.07 Å². The molecule has 3 N–H and O–H groups in total. The van der Waals surface area contributed by atoms with Crippen LogP contribution in [-0.4, -0.2) is 49.6 Å². The van der Waals surface area contributed by atoms with E-state index in [9.17, 15) is 9.18 Å². The van der Waals surface area contributed by atoms with Crippen molar-refractivity contribution in [3.8, 4) is 0 Å². The normalized spacial score (nSPS) is 16.9. The molecule has 0 aromatic heterocycles. The van der Waals surface area contributed by atoms with Crippen LogP contribution in [0, 0.1) is 12.7 Å². The number of aliphatic imine (C=N–C) groups is 1. The van der Waals surface area contributed by atoms with Crippen molar-refractivity contribution in [2.24, 2.45) is 4.99 Å². The summed E-state index contributed by atoms with van der Waals surface area (Å²) in [6, 6.07) is 4.49. The monoisotopic (exact) mass is 480 g/mol. The van der Waals surface area contributed by atoms with Crippen LogP contribution in [0.2, 0.25) is 0 Å². The number of carbonyl (C=O) groups excluding carboxylic acids is 1. The molecule has 1 aliphatic rings. The van der Waals surface area contributed by atoms with E-state index in [1.165, 1.54) is 24.7 Å². The van der Waals surface area contributed by atoms with Crippen molar-refractivity contribution in [1.82, 2.24) is 16.0 Å². The molecule has 8 heteroatoms. The first-order valence-corrected chi connectivity index (χ1v) is 9.25. The van der Waals surface area contributed by atoms with E-state index < -0.39 is 0 Å². The molecular formula is C17H26FIN4OS. The molecule has 0 saturated carbocycles. The van der Waals surface area contributed by atoms with Crippen LogP contribution in [-0.2, 0) is 0 Å². The van der Waals surface area contributed by atoms with E-state index in [-0.39, 0.29) is 35.7 Å². The van der Waals surface area contributed by atoms with Crippen molar-refractivity contribution >= 4 is 47.6 Å². The van der Waals surface area contributed by atoms with Crippen molar-refractivity contribution in [3.63, 3.8) is 0 Å². The number of benzene rings is 1. The van der Waals surface area contributed by atoms with E-state index in [1.54, 1.807) is 26.1 Å². The van der Waals surface area contributed by atoms with E-state index in [4.69, 9.17) is 0 Å². The maximum atomic E-state index is 13.5. The van der Waals surface area contributed by atoms with Crippen LogP contribution < -0.4 is 16.0 Å². The molecule has 2 rings (SSSR count). The number of rotatable bonds is 6. The summed E-state index contributed by atoms with van der Waals surface area (Å²) in [6.07, 6.45) is 2.53. The van der Waals surface area contributed by atoms with Crippen LogP contribution >= 0.6 is 35.7 Å². The van der Waals surface area contributed by atoms with Gasteiger partial charge in [0.25, 0.3) is 5.91 Å². The van der Waals surface area contributed by atoms with E-state index in [0.29, 0.717) is 29.5 Å². The highest BCUT2D eigenvalue weighted by Crippen LogP contribution is 2.25. The highest BCUT2D eigenvalue weighted by atomic mass is 127. The van der Waals surface area contributed by atoms with Gasteiger partial charge in [0.2, 0.25) is 0 Å². The summed E-state index contributed by atoms with van der Waals surface area (Å²) in [5.74, 6) is 1.33. The van der Waals surface area contributed by atoms with Crippen molar-refractivity contribution in [1.29, 1.82) is 0 Å². The first kappa shape index (κ1) is 22.0. The maximum absolute atomic E-state index is 13.5. The third-order valence-corrected chi connectivity index (χ3v) is 5.28. The molecule has 5 nitrogen and oxygen atoms in total. The summed E-state index contributed by atoms with van der Waals surface area (Å²) < 4.78 is 13.5. The van der Waals surface area contributed by atoms with E-state index in [2.05, 4.69) is 20.9 Å². The zero-order chi connectivity index (χ0) is 17.4. The van der Waals surface area contributed by atoms with Crippen LogP contribution in [0.15, 0.2) is 23.2 Å². The number of nitrogens with zero attached hydrogens (tertiary/aromatic N) is 1. The quantitative estimate of drug-likeness (QED) is 0.254. The van der Waals surface area contributed by atoms with Crippen LogP contribution in [0.4, 0.5) is 4.39 Å². The SMILES string of the molecule is CN=C(NCCNC(=O)c1ccc(C)c(F)c1)NCC1CCCS1.I. The number of hydrogen-bond acceptors (Lipinski definition) is 3. The minimum atomic E-state index is -0.366. The van der Waals surface area contributed by atoms with Crippen LogP contribution in [0.1, 0.15) is 28.8 Å². The Kier molecular flexibility index (Phi) is 10.2. The molecule has 0 aliphatic carbocycles. The van der Waals surface area contributed by atoms with Crippen LogP contribution in [0.5, 0.6) is 0 Å². The lowest BCUT2D eigenvalue weighted by Crippen LogP contribution is -2.43. The van der Waals surface area contributed by atoms with Gasteiger partial charge in [-0.3, -0.25) is 9.79 Å². The number of guanidine groups is 1. The van der Waals surface area contributed by atoms with Gasteiger partial charge in [-0.15, -0.1) is 24.0 Å². The van der Waals surface area contributed by atoms with Crippen LogP contribution in [0.25, 0.3) is 0 Å². The van der Waals surface area contributed by atoms with Gasteiger partial charge in [0.1, 0.15) is 5.82 Å². The summed E-state index contributed by atoms with van der Waals surface area (Å²) >= 11 is 1.99. The van der Waals surface area contributed by atoms with Crippen molar-refractivity contribution < 1.29 is 9.18 Å². The van der Waals surface area contributed by atoms with Gasteiger partial charge in [0.05, 0.1) is 0 Å². The molecule has 1 unspecified atom stereocenters. The lowest BCUT2D eigenvalue weighted by atomic mass is 10.1. The maximum Gasteiger partial charge on any atom is 0.251 e. The van der Waals surface area contributed by atoms with Gasteiger partial charge >= 0.3 is 0 Å². The Hall–Kier alpha value is -1.03. The zero-order valence-corrected chi connectivity index (χ0v) is 17.7. The lowest BCUT2D eigenvalue weighted by Gasteiger charge is -2.15. The molecule has 0 spiro atoms. The summed E-state index contributed by atoms with van der Waals surface area (Å²) in [4.78, 5) is 16.1. The molecular weight excluding hydrogens is 454 g/mol. The highest BCUT2D eigenvalue weighted by Gasteiger charge is 2.15. The van der Waals surface area contributed by atoms with Crippen LogP contribution in [0.3, 0.4) is 0 Å². The molecule has 1 aromatic carbocycles. The predicted molar refractivity (Wildman–Crippen MR) is 114 cm³/mol. The average molecular weight is 480 g/mol. The average Bonchev–Trinajstić information content (AvgIpc) is 3.10. The van der Waals surface area contributed by atoms with E-state index in [0.717, 1.165) is 12.5 Å². The Morgan fingerprint density at radius 1 is 1.32 bits per heavy atom. The molecule has 25 heavy (non-hydrogen) atoms. The standard InChI is InChI=1S/C17H25FN4OS.HI/c1-12-5-6-13(10-15(12)18)16(23)20-7-8-21-17(19-2)22-11-14-4-3-9-24-14;/h5-6,10,14H,3-4,7-9,11H2,1-2H3,(H,20,23)(H2,19,21,22);1H. The van der Waals surface area contributed by atoms with Crippen molar-refractivity contribution in [2.45, 2.75) is 25.0 Å². The predicted octanol–water partition coefficient (Wildman–Crippen LogP) is 2.54. The minimum absolute atomic E-state index is 0. The van der Waals surface area contributed by atoms with E-state index in [1.807, 2.05) is 11.8 Å². The second kappa shape index (κ2) is 11.6. The Bertz CT molecular complexity index is 594. The zero-order valence-electron chi connectivity index (χ0n) is 14.6. The molecule has 0 radical (unpaired) electrons. The first-order chi connectivity index (χ1) is 11.6. The number of halogens is 2. The molecule has 1 amide bonds. The molecule has 1 atom stereocenters. The fourth-order valence-corrected chi connectivity index (χ4v) is 3.63. The number of thioether (sulfide) groups is 1. The second-order valence-electron chi connectivity index (χ2n) is 5.73.